The topological polar surface area (TPSA) is 59.8 Å². The Morgan fingerprint density at radius 1 is 1.39 bits per heavy atom. The fourth-order valence-corrected chi connectivity index (χ4v) is 2.96. The number of imidazole rings is 1. The normalized spacial score (nSPS) is 16.7. The highest BCUT2D eigenvalue weighted by Gasteiger charge is 2.50. The molecule has 5 heteroatoms. The standard InChI is InChI=1S/C18H24N4O/c1-2-3-6-16(15-5-4-9-19-12-15)21-17(23)18(7-8-18)13-22-11-10-20-14-22/h4-5,9-12,14,16H,2-3,6-8,13H2,1H3,(H,21,23). The van der Waals surface area contributed by atoms with Crippen LogP contribution in [0.5, 0.6) is 0 Å². The predicted octanol–water partition coefficient (Wildman–Crippen LogP) is 3.11. The van der Waals surface area contributed by atoms with Crippen molar-refractivity contribution in [1.82, 2.24) is 19.9 Å². The molecule has 1 aliphatic rings. The van der Waals surface area contributed by atoms with Crippen molar-refractivity contribution >= 4 is 5.91 Å². The molecule has 5 nitrogen and oxygen atoms in total. The Morgan fingerprint density at radius 3 is 2.87 bits per heavy atom. The van der Waals surface area contributed by atoms with Crippen molar-refractivity contribution in [2.24, 2.45) is 5.41 Å². The van der Waals surface area contributed by atoms with Crippen molar-refractivity contribution in [1.29, 1.82) is 0 Å². The largest absolute Gasteiger partial charge is 0.349 e. The molecule has 0 saturated heterocycles. The molecule has 1 N–H and O–H groups in total. The highest BCUT2D eigenvalue weighted by Crippen LogP contribution is 2.47. The van der Waals surface area contributed by atoms with E-state index in [4.69, 9.17) is 0 Å². The number of aromatic nitrogens is 3. The predicted molar refractivity (Wildman–Crippen MR) is 88.5 cm³/mol. The van der Waals surface area contributed by atoms with Crippen molar-refractivity contribution in [2.75, 3.05) is 0 Å². The molecule has 1 unspecified atom stereocenters. The summed E-state index contributed by atoms with van der Waals surface area (Å²) in [6, 6.07) is 4.03. The van der Waals surface area contributed by atoms with Gasteiger partial charge in [-0.25, -0.2) is 4.98 Å². The molecule has 1 saturated carbocycles. The molecule has 1 fully saturated rings. The van der Waals surface area contributed by atoms with Crippen LogP contribution in [0.3, 0.4) is 0 Å². The van der Waals surface area contributed by atoms with Gasteiger partial charge in [-0.15, -0.1) is 0 Å². The van der Waals surface area contributed by atoms with Crippen LogP contribution in [-0.4, -0.2) is 20.4 Å². The number of rotatable bonds is 8. The van der Waals surface area contributed by atoms with E-state index in [9.17, 15) is 4.79 Å². The molecule has 23 heavy (non-hydrogen) atoms. The lowest BCUT2D eigenvalue weighted by atomic mass is 10.00. The Balaban J connectivity index is 1.68. The van der Waals surface area contributed by atoms with E-state index in [1.807, 2.05) is 29.1 Å². The number of nitrogens with zero attached hydrogens (tertiary/aromatic N) is 3. The molecule has 1 amide bonds. The van der Waals surface area contributed by atoms with Crippen LogP contribution in [-0.2, 0) is 11.3 Å². The second-order valence-corrected chi connectivity index (χ2v) is 6.47. The van der Waals surface area contributed by atoms with Gasteiger partial charge < -0.3 is 9.88 Å². The molecule has 0 radical (unpaired) electrons. The number of carbonyl (C=O) groups excluding carboxylic acids is 1. The molecule has 0 aromatic carbocycles. The fourth-order valence-electron chi connectivity index (χ4n) is 2.96. The zero-order chi connectivity index (χ0) is 16.1. The molecular formula is C18H24N4O. The van der Waals surface area contributed by atoms with E-state index in [0.717, 1.165) is 37.7 Å². The smallest absolute Gasteiger partial charge is 0.228 e. The molecule has 2 aromatic rings. The second-order valence-electron chi connectivity index (χ2n) is 6.47. The first-order valence-electron chi connectivity index (χ1n) is 8.40. The minimum atomic E-state index is -0.257. The maximum absolute atomic E-state index is 12.8. The van der Waals surface area contributed by atoms with Gasteiger partial charge in [0.15, 0.2) is 0 Å². The lowest BCUT2D eigenvalue weighted by molar-refractivity contribution is -0.127. The maximum Gasteiger partial charge on any atom is 0.228 e. The van der Waals surface area contributed by atoms with Gasteiger partial charge in [0.2, 0.25) is 5.91 Å². The third-order valence-corrected chi connectivity index (χ3v) is 4.62. The van der Waals surface area contributed by atoms with Gasteiger partial charge in [-0.1, -0.05) is 25.8 Å². The van der Waals surface area contributed by atoms with Gasteiger partial charge in [-0.2, -0.15) is 0 Å². The number of amides is 1. The number of hydrogen-bond acceptors (Lipinski definition) is 3. The van der Waals surface area contributed by atoms with Gasteiger partial charge in [-0.3, -0.25) is 9.78 Å². The minimum Gasteiger partial charge on any atom is -0.349 e. The van der Waals surface area contributed by atoms with Gasteiger partial charge in [0.25, 0.3) is 0 Å². The first-order chi connectivity index (χ1) is 11.2. The molecule has 2 aromatic heterocycles. The van der Waals surface area contributed by atoms with Gasteiger partial charge in [-0.05, 0) is 30.9 Å². The van der Waals surface area contributed by atoms with Crippen molar-refractivity contribution in [3.8, 4) is 0 Å². The SMILES string of the molecule is CCCCC(NC(=O)C1(Cn2ccnc2)CC1)c1cccnc1. The van der Waals surface area contributed by atoms with Gasteiger partial charge in [0, 0.05) is 31.3 Å². The average Bonchev–Trinajstić information content (AvgIpc) is 3.18. The molecule has 1 atom stereocenters. The Bertz CT molecular complexity index is 620. The van der Waals surface area contributed by atoms with E-state index in [2.05, 4.69) is 22.2 Å². The number of unbranched alkanes of at least 4 members (excludes halogenated alkanes) is 1. The summed E-state index contributed by atoms with van der Waals surface area (Å²) in [6.45, 7) is 2.88. The summed E-state index contributed by atoms with van der Waals surface area (Å²) in [6.07, 6.45) is 14.1. The zero-order valence-corrected chi connectivity index (χ0v) is 13.6. The molecular weight excluding hydrogens is 288 g/mol. The summed E-state index contributed by atoms with van der Waals surface area (Å²) < 4.78 is 2.00. The summed E-state index contributed by atoms with van der Waals surface area (Å²) in [5, 5.41) is 3.27. The summed E-state index contributed by atoms with van der Waals surface area (Å²) in [5.74, 6) is 0.163. The van der Waals surface area contributed by atoms with E-state index < -0.39 is 0 Å². The first kappa shape index (κ1) is 15.7. The molecule has 3 rings (SSSR count). The lowest BCUT2D eigenvalue weighted by Crippen LogP contribution is -2.37. The van der Waals surface area contributed by atoms with Crippen molar-refractivity contribution in [3.05, 3.63) is 48.8 Å². The van der Waals surface area contributed by atoms with Crippen LogP contribution in [0.4, 0.5) is 0 Å². The Labute approximate surface area is 137 Å². The summed E-state index contributed by atoms with van der Waals surface area (Å²) in [5.41, 5.74) is 0.834. The Morgan fingerprint density at radius 2 is 2.26 bits per heavy atom. The maximum atomic E-state index is 12.8. The van der Waals surface area contributed by atoms with Gasteiger partial charge >= 0.3 is 0 Å². The fraction of sp³-hybridized carbons (Fsp3) is 0.500. The third kappa shape index (κ3) is 3.78. The van der Waals surface area contributed by atoms with E-state index in [-0.39, 0.29) is 17.4 Å². The van der Waals surface area contributed by atoms with Crippen LogP contribution in [0, 0.1) is 5.41 Å². The molecule has 0 aliphatic heterocycles. The van der Waals surface area contributed by atoms with Crippen molar-refractivity contribution < 1.29 is 4.79 Å². The number of hydrogen-bond donors (Lipinski definition) is 1. The summed E-state index contributed by atoms with van der Waals surface area (Å²) in [4.78, 5) is 21.1. The number of pyridine rings is 1. The number of carbonyl (C=O) groups is 1. The third-order valence-electron chi connectivity index (χ3n) is 4.62. The van der Waals surface area contributed by atoms with Gasteiger partial charge in [0.05, 0.1) is 17.8 Å². The molecule has 1 aliphatic carbocycles. The number of nitrogens with one attached hydrogen (secondary N) is 1. The van der Waals surface area contributed by atoms with E-state index in [1.165, 1.54) is 0 Å². The average molecular weight is 312 g/mol. The lowest BCUT2D eigenvalue weighted by Gasteiger charge is -2.23. The monoisotopic (exact) mass is 312 g/mol. The minimum absolute atomic E-state index is 0.0522. The highest BCUT2D eigenvalue weighted by atomic mass is 16.2. The molecule has 2 heterocycles. The van der Waals surface area contributed by atoms with Crippen LogP contribution in [0.2, 0.25) is 0 Å². The van der Waals surface area contributed by atoms with E-state index in [1.54, 1.807) is 18.7 Å². The second kappa shape index (κ2) is 6.94. The Kier molecular flexibility index (Phi) is 4.74. The van der Waals surface area contributed by atoms with Gasteiger partial charge in [0.1, 0.15) is 0 Å². The summed E-state index contributed by atoms with van der Waals surface area (Å²) in [7, 11) is 0. The van der Waals surface area contributed by atoms with Crippen LogP contribution < -0.4 is 5.32 Å². The molecule has 122 valence electrons. The van der Waals surface area contributed by atoms with Crippen molar-refractivity contribution in [2.45, 2.75) is 51.6 Å². The van der Waals surface area contributed by atoms with E-state index >= 15 is 0 Å². The van der Waals surface area contributed by atoms with E-state index in [0.29, 0.717) is 6.54 Å². The summed E-state index contributed by atoms with van der Waals surface area (Å²) >= 11 is 0. The van der Waals surface area contributed by atoms with Crippen molar-refractivity contribution in [3.63, 3.8) is 0 Å². The van der Waals surface area contributed by atoms with Crippen LogP contribution in [0.25, 0.3) is 0 Å². The Hall–Kier alpha value is -2.17. The zero-order valence-electron chi connectivity index (χ0n) is 13.6. The van der Waals surface area contributed by atoms with Crippen LogP contribution in [0.15, 0.2) is 43.2 Å². The van der Waals surface area contributed by atoms with Crippen LogP contribution in [0.1, 0.15) is 50.6 Å². The van der Waals surface area contributed by atoms with Crippen LogP contribution >= 0.6 is 0 Å². The highest BCUT2D eigenvalue weighted by molar-refractivity contribution is 5.85. The molecule has 0 spiro atoms. The quantitative estimate of drug-likeness (QED) is 0.815. The first-order valence-corrected chi connectivity index (χ1v) is 8.40. The molecule has 0 bridgehead atoms.